The molecule has 1 fully saturated rings. The number of nitrogen functional groups attached to an aromatic ring is 1. The highest BCUT2D eigenvalue weighted by molar-refractivity contribution is 5.99. The number of rotatable bonds is 2. The van der Waals surface area contributed by atoms with E-state index in [2.05, 4.69) is 6.92 Å². The van der Waals surface area contributed by atoms with E-state index in [-0.39, 0.29) is 11.9 Å². The van der Waals surface area contributed by atoms with E-state index >= 15 is 0 Å². The number of para-hydroxylation sites is 1. The predicted octanol–water partition coefficient (Wildman–Crippen LogP) is 1.52. The number of amides is 1. The van der Waals surface area contributed by atoms with Crippen LogP contribution in [0.3, 0.4) is 0 Å². The number of hydrogen-bond donors (Lipinski definition) is 1. The van der Waals surface area contributed by atoms with E-state index in [1.165, 1.54) is 0 Å². The number of morpholine rings is 1. The Morgan fingerprint density at radius 1 is 1.53 bits per heavy atom. The number of benzene rings is 1. The molecule has 1 aliphatic heterocycles. The molecule has 4 nitrogen and oxygen atoms in total. The summed E-state index contributed by atoms with van der Waals surface area (Å²) >= 11 is 0. The minimum absolute atomic E-state index is 0.0123. The summed E-state index contributed by atoms with van der Waals surface area (Å²) in [5.41, 5.74) is 6.97. The Balaban J connectivity index is 2.21. The maximum atomic E-state index is 12.4. The van der Waals surface area contributed by atoms with E-state index in [0.29, 0.717) is 31.0 Å². The van der Waals surface area contributed by atoms with Crippen molar-refractivity contribution < 1.29 is 9.53 Å². The number of nitrogens with zero attached hydrogens (tertiary/aromatic N) is 1. The monoisotopic (exact) mass is 234 g/mol. The van der Waals surface area contributed by atoms with Gasteiger partial charge >= 0.3 is 0 Å². The van der Waals surface area contributed by atoms with Crippen LogP contribution in [0.15, 0.2) is 24.3 Å². The number of hydrogen-bond acceptors (Lipinski definition) is 3. The van der Waals surface area contributed by atoms with Gasteiger partial charge in [-0.2, -0.15) is 0 Å². The average Bonchev–Trinajstić information content (AvgIpc) is 2.38. The van der Waals surface area contributed by atoms with Crippen molar-refractivity contribution in [1.82, 2.24) is 4.90 Å². The van der Waals surface area contributed by atoms with Gasteiger partial charge in [-0.05, 0) is 18.6 Å². The van der Waals surface area contributed by atoms with Gasteiger partial charge in [-0.3, -0.25) is 4.79 Å². The Morgan fingerprint density at radius 2 is 2.29 bits per heavy atom. The molecule has 1 aromatic rings. The third-order valence-corrected chi connectivity index (χ3v) is 3.15. The molecular weight excluding hydrogens is 216 g/mol. The summed E-state index contributed by atoms with van der Waals surface area (Å²) in [6.07, 6.45) is 0.901. The first-order chi connectivity index (χ1) is 8.24. The van der Waals surface area contributed by atoms with Gasteiger partial charge in [-0.1, -0.05) is 19.1 Å². The maximum Gasteiger partial charge on any atom is 0.256 e. The molecule has 2 rings (SSSR count). The molecule has 92 valence electrons. The Kier molecular flexibility index (Phi) is 3.64. The Bertz CT molecular complexity index is 406. The molecule has 17 heavy (non-hydrogen) atoms. The Hall–Kier alpha value is -1.55. The average molecular weight is 234 g/mol. The van der Waals surface area contributed by atoms with Crippen molar-refractivity contribution in [3.8, 4) is 0 Å². The second-order valence-corrected chi connectivity index (χ2v) is 4.22. The molecule has 1 aromatic carbocycles. The number of ether oxygens (including phenoxy) is 1. The summed E-state index contributed by atoms with van der Waals surface area (Å²) in [5, 5.41) is 0. The van der Waals surface area contributed by atoms with Gasteiger partial charge in [0.15, 0.2) is 0 Å². The van der Waals surface area contributed by atoms with Crippen molar-refractivity contribution in [2.75, 3.05) is 25.5 Å². The summed E-state index contributed by atoms with van der Waals surface area (Å²) in [7, 11) is 0. The largest absolute Gasteiger partial charge is 0.398 e. The fourth-order valence-corrected chi connectivity index (χ4v) is 2.11. The van der Waals surface area contributed by atoms with Gasteiger partial charge in [-0.15, -0.1) is 0 Å². The SMILES string of the molecule is CCC1COCCN1C(=O)c1ccccc1N. The van der Waals surface area contributed by atoms with Crippen LogP contribution in [-0.4, -0.2) is 36.6 Å². The molecule has 2 N–H and O–H groups in total. The molecule has 1 amide bonds. The quantitative estimate of drug-likeness (QED) is 0.789. The van der Waals surface area contributed by atoms with Crippen LogP contribution in [-0.2, 0) is 4.74 Å². The third-order valence-electron chi connectivity index (χ3n) is 3.15. The fourth-order valence-electron chi connectivity index (χ4n) is 2.11. The first-order valence-electron chi connectivity index (χ1n) is 5.97. The number of carbonyl (C=O) groups is 1. The molecule has 1 atom stereocenters. The van der Waals surface area contributed by atoms with Gasteiger partial charge in [-0.25, -0.2) is 0 Å². The minimum atomic E-state index is 0.0123. The second kappa shape index (κ2) is 5.19. The first-order valence-corrected chi connectivity index (χ1v) is 5.97. The minimum Gasteiger partial charge on any atom is -0.398 e. The topological polar surface area (TPSA) is 55.6 Å². The van der Waals surface area contributed by atoms with E-state index in [0.717, 1.165) is 6.42 Å². The van der Waals surface area contributed by atoms with Crippen molar-refractivity contribution >= 4 is 11.6 Å². The van der Waals surface area contributed by atoms with E-state index in [9.17, 15) is 4.79 Å². The van der Waals surface area contributed by atoms with E-state index in [1.54, 1.807) is 12.1 Å². The molecule has 0 radical (unpaired) electrons. The number of nitrogens with two attached hydrogens (primary N) is 1. The normalized spacial score (nSPS) is 20.3. The van der Waals surface area contributed by atoms with Crippen LogP contribution in [0, 0.1) is 0 Å². The van der Waals surface area contributed by atoms with Crippen LogP contribution in [0.4, 0.5) is 5.69 Å². The van der Waals surface area contributed by atoms with Gasteiger partial charge in [0, 0.05) is 12.2 Å². The van der Waals surface area contributed by atoms with E-state index < -0.39 is 0 Å². The Morgan fingerprint density at radius 3 is 3.00 bits per heavy atom. The smallest absolute Gasteiger partial charge is 0.256 e. The number of carbonyl (C=O) groups excluding carboxylic acids is 1. The van der Waals surface area contributed by atoms with Crippen molar-refractivity contribution in [3.05, 3.63) is 29.8 Å². The van der Waals surface area contributed by atoms with Gasteiger partial charge in [0.1, 0.15) is 0 Å². The predicted molar refractivity (Wildman–Crippen MR) is 66.8 cm³/mol. The highest BCUT2D eigenvalue weighted by Gasteiger charge is 2.27. The molecule has 1 heterocycles. The van der Waals surface area contributed by atoms with Gasteiger partial charge in [0.25, 0.3) is 5.91 Å². The molecule has 4 heteroatoms. The zero-order valence-corrected chi connectivity index (χ0v) is 10.1. The maximum absolute atomic E-state index is 12.4. The molecule has 0 aromatic heterocycles. The second-order valence-electron chi connectivity index (χ2n) is 4.22. The highest BCUT2D eigenvalue weighted by Crippen LogP contribution is 2.18. The van der Waals surface area contributed by atoms with Crippen LogP contribution in [0.1, 0.15) is 23.7 Å². The van der Waals surface area contributed by atoms with Crippen LogP contribution in [0.2, 0.25) is 0 Å². The van der Waals surface area contributed by atoms with Crippen LogP contribution >= 0.6 is 0 Å². The highest BCUT2D eigenvalue weighted by atomic mass is 16.5. The summed E-state index contributed by atoms with van der Waals surface area (Å²) in [6, 6.07) is 7.37. The zero-order valence-electron chi connectivity index (χ0n) is 10.1. The lowest BCUT2D eigenvalue weighted by Crippen LogP contribution is -2.48. The summed E-state index contributed by atoms with van der Waals surface area (Å²) in [5.74, 6) is 0.0123. The molecular formula is C13H18N2O2. The lowest BCUT2D eigenvalue weighted by atomic mass is 10.1. The van der Waals surface area contributed by atoms with Gasteiger partial charge < -0.3 is 15.4 Å². The van der Waals surface area contributed by atoms with Crippen molar-refractivity contribution in [2.24, 2.45) is 0 Å². The third kappa shape index (κ3) is 2.42. The lowest BCUT2D eigenvalue weighted by Gasteiger charge is -2.35. The van der Waals surface area contributed by atoms with E-state index in [1.807, 2.05) is 17.0 Å². The standard InChI is InChI=1S/C13H18N2O2/c1-2-10-9-17-8-7-15(10)13(16)11-5-3-4-6-12(11)14/h3-6,10H,2,7-9,14H2,1H3. The summed E-state index contributed by atoms with van der Waals surface area (Å²) in [6.45, 7) is 3.93. The number of anilines is 1. The van der Waals surface area contributed by atoms with Crippen molar-refractivity contribution in [3.63, 3.8) is 0 Å². The van der Waals surface area contributed by atoms with Gasteiger partial charge in [0.05, 0.1) is 24.8 Å². The van der Waals surface area contributed by atoms with Crippen LogP contribution in [0.5, 0.6) is 0 Å². The first kappa shape index (κ1) is 11.9. The molecule has 0 spiro atoms. The molecule has 0 saturated carbocycles. The molecule has 1 unspecified atom stereocenters. The van der Waals surface area contributed by atoms with Crippen molar-refractivity contribution in [1.29, 1.82) is 0 Å². The van der Waals surface area contributed by atoms with Crippen LogP contribution < -0.4 is 5.73 Å². The molecule has 1 aliphatic rings. The van der Waals surface area contributed by atoms with Crippen molar-refractivity contribution in [2.45, 2.75) is 19.4 Å². The summed E-state index contributed by atoms with van der Waals surface area (Å²) in [4.78, 5) is 14.3. The molecule has 0 bridgehead atoms. The molecule has 1 saturated heterocycles. The van der Waals surface area contributed by atoms with E-state index in [4.69, 9.17) is 10.5 Å². The molecule has 0 aliphatic carbocycles. The Labute approximate surface area is 101 Å². The van der Waals surface area contributed by atoms with Crippen LogP contribution in [0.25, 0.3) is 0 Å². The lowest BCUT2D eigenvalue weighted by molar-refractivity contribution is -0.00274. The van der Waals surface area contributed by atoms with Gasteiger partial charge in [0.2, 0.25) is 0 Å². The summed E-state index contributed by atoms with van der Waals surface area (Å²) < 4.78 is 5.39. The fraction of sp³-hybridized carbons (Fsp3) is 0.462. The zero-order chi connectivity index (χ0) is 12.3.